The molecule has 5 aromatic carbocycles. The average molecular weight is 1190 g/mol. The van der Waals surface area contributed by atoms with Crippen LogP contribution in [-0.2, 0) is 60.7 Å². The summed E-state index contributed by atoms with van der Waals surface area (Å²) in [5.74, 6) is -0.429. The van der Waals surface area contributed by atoms with Crippen LogP contribution in [0, 0.1) is 0 Å². The molecule has 0 aliphatic heterocycles. The predicted molar refractivity (Wildman–Crippen MR) is 238 cm³/mol. The van der Waals surface area contributed by atoms with Crippen LogP contribution in [0.1, 0.15) is 97.5 Å². The highest BCUT2D eigenvalue weighted by Crippen LogP contribution is 2.41. The lowest BCUT2D eigenvalue weighted by molar-refractivity contribution is -0.683. The van der Waals surface area contributed by atoms with Crippen LogP contribution in [-0.4, -0.2) is 29.0 Å². The Morgan fingerprint density at radius 1 is 0.444 bits per heavy atom. The lowest BCUT2D eigenvalue weighted by atomic mass is 9.12. The first-order chi connectivity index (χ1) is 37.0. The van der Waals surface area contributed by atoms with Crippen molar-refractivity contribution in [2.24, 2.45) is 0 Å². The third kappa shape index (κ3) is 15.2. The van der Waals surface area contributed by atoms with Gasteiger partial charge in [0.05, 0.1) is 50.7 Å². The highest BCUT2D eigenvalue weighted by molar-refractivity contribution is 7.20. The summed E-state index contributed by atoms with van der Waals surface area (Å²) < 4.78 is 348. The quantitative estimate of drug-likeness (QED) is 0.0476. The lowest BCUT2D eigenvalue weighted by Gasteiger charge is -2.46. The molecule has 0 amide bonds. The van der Waals surface area contributed by atoms with Crippen molar-refractivity contribution < 1.29 is 124 Å². The minimum absolute atomic E-state index is 0.00680. The zero-order valence-corrected chi connectivity index (χ0v) is 40.1. The van der Waals surface area contributed by atoms with Crippen molar-refractivity contribution in [1.29, 1.82) is 0 Å². The van der Waals surface area contributed by atoms with E-state index in [0.717, 1.165) is 25.7 Å². The highest BCUT2D eigenvalue weighted by Gasteiger charge is 2.47. The van der Waals surface area contributed by atoms with E-state index in [9.17, 15) is 115 Å². The Labute approximate surface area is 440 Å². The Morgan fingerprint density at radius 3 is 1.02 bits per heavy atom. The molecule has 1 saturated carbocycles. The summed E-state index contributed by atoms with van der Waals surface area (Å²) in [6, 6.07) is 0.282. The molecule has 1 fully saturated rings. The van der Waals surface area contributed by atoms with Crippen molar-refractivity contribution in [1.82, 2.24) is 4.98 Å². The zero-order valence-electron chi connectivity index (χ0n) is 40.1. The molecule has 0 atom stereocenters. The average Bonchev–Trinajstić information content (AvgIpc) is 3.50. The van der Waals surface area contributed by atoms with Gasteiger partial charge < -0.3 is 4.74 Å². The van der Waals surface area contributed by atoms with Crippen LogP contribution in [0.5, 0.6) is 0 Å². The second kappa shape index (κ2) is 22.6. The van der Waals surface area contributed by atoms with Crippen molar-refractivity contribution in [2.45, 2.75) is 94.2 Å². The zero-order chi connectivity index (χ0) is 60.7. The summed E-state index contributed by atoms with van der Waals surface area (Å²) in [6.45, 7) is 0.163. The van der Waals surface area contributed by atoms with Crippen LogP contribution in [0.15, 0.2) is 122 Å². The van der Waals surface area contributed by atoms with Crippen LogP contribution in [0.25, 0.3) is 0 Å². The Balaban J connectivity index is 0.000000363. The molecule has 0 spiro atoms. The molecule has 0 saturated heterocycles. The van der Waals surface area contributed by atoms with Gasteiger partial charge in [-0.2, -0.15) is 132 Å². The van der Waals surface area contributed by atoms with Crippen LogP contribution in [0.4, 0.5) is 105 Å². The van der Waals surface area contributed by atoms with Gasteiger partial charge in [0.1, 0.15) is 12.2 Å². The fourth-order valence-electron chi connectivity index (χ4n) is 8.98. The molecular formula is C51H33BF24N2O3. The van der Waals surface area contributed by atoms with Crippen LogP contribution < -0.4 is 26.4 Å². The molecule has 7 rings (SSSR count). The van der Waals surface area contributed by atoms with Gasteiger partial charge in [-0.25, -0.2) is 9.78 Å². The van der Waals surface area contributed by atoms with Gasteiger partial charge in [-0.15, -0.1) is 0 Å². The second-order valence-electron chi connectivity index (χ2n) is 18.3. The number of nitrogens with zero attached hydrogens (tertiary/aromatic N) is 2. The smallest absolute Gasteiger partial charge is 0.416 e. The second-order valence-corrected chi connectivity index (χ2v) is 18.3. The van der Waals surface area contributed by atoms with E-state index in [1.165, 1.54) is 12.6 Å². The number of alkyl halides is 24. The molecule has 0 N–H and O–H groups in total. The van der Waals surface area contributed by atoms with Gasteiger partial charge in [-0.05, 0) is 49.9 Å². The van der Waals surface area contributed by atoms with Gasteiger partial charge in [0.2, 0.25) is 24.2 Å². The van der Waals surface area contributed by atoms with E-state index in [4.69, 9.17) is 4.74 Å². The van der Waals surface area contributed by atoms with Gasteiger partial charge >= 0.3 is 55.4 Å². The Hall–Kier alpha value is -7.30. The number of aromatic nitrogens is 2. The van der Waals surface area contributed by atoms with E-state index < -0.39 is 201 Å². The largest absolute Gasteiger partial charge is 0.457 e. The fourth-order valence-corrected chi connectivity index (χ4v) is 8.98. The van der Waals surface area contributed by atoms with Gasteiger partial charge in [0.25, 0.3) is 0 Å². The van der Waals surface area contributed by atoms with Crippen molar-refractivity contribution in [3.63, 3.8) is 0 Å². The third-order valence-electron chi connectivity index (χ3n) is 12.7. The van der Waals surface area contributed by atoms with E-state index in [2.05, 4.69) is 4.98 Å². The first-order valence-electron chi connectivity index (χ1n) is 23.0. The molecule has 6 aromatic rings. The van der Waals surface area contributed by atoms with Crippen molar-refractivity contribution >= 4 is 39.7 Å². The van der Waals surface area contributed by atoms with Gasteiger partial charge in [0.15, 0.2) is 6.20 Å². The topological polar surface area (TPSA) is 60.1 Å². The Bertz CT molecular complexity index is 2800. The number of carbonyl (C=O) groups excluding carboxylic acids is 2. The van der Waals surface area contributed by atoms with Crippen molar-refractivity contribution in [3.05, 3.63) is 177 Å². The molecule has 1 aliphatic carbocycles. The summed E-state index contributed by atoms with van der Waals surface area (Å²) in [5.41, 5.74) is -29.3. The summed E-state index contributed by atoms with van der Waals surface area (Å²) in [4.78, 5) is 28.6. The number of esters is 1. The molecule has 1 aliphatic rings. The molecule has 0 unspecified atom stereocenters. The summed E-state index contributed by atoms with van der Waals surface area (Å²) in [5, 5.41) is 0. The number of rotatable bonds is 9. The molecule has 81 heavy (non-hydrogen) atoms. The lowest BCUT2D eigenvalue weighted by Crippen LogP contribution is -2.75. The van der Waals surface area contributed by atoms with Crippen molar-refractivity contribution in [3.8, 4) is 0 Å². The van der Waals surface area contributed by atoms with E-state index in [0.29, 0.717) is 5.56 Å². The molecule has 0 bridgehead atoms. The van der Waals surface area contributed by atoms with E-state index in [1.807, 2.05) is 18.2 Å². The number of ketones is 1. The van der Waals surface area contributed by atoms with Crippen LogP contribution in [0.2, 0.25) is 0 Å². The van der Waals surface area contributed by atoms with Gasteiger partial charge in [-0.3, -0.25) is 4.79 Å². The minimum atomic E-state index is -6.13. The Morgan fingerprint density at radius 2 is 0.741 bits per heavy atom. The molecule has 1 aromatic heterocycles. The molecular weight excluding hydrogens is 1160 g/mol. The highest BCUT2D eigenvalue weighted by atomic mass is 19.4. The number of ether oxygens (including phenoxy) is 1. The van der Waals surface area contributed by atoms with Crippen LogP contribution >= 0.6 is 0 Å². The predicted octanol–water partition coefficient (Wildman–Crippen LogP) is 14.0. The maximum absolute atomic E-state index is 14.2. The standard InChI is InChI=1S/C32H12BF24.C19H21N2O3/c34-25(35,36)13-1-14(26(37,38)39)6-21(5-13)33(22-7-15(27(40,41)42)2-16(8-22)28(43,44)45,23-9-17(29(46,47)48)3-18(10-23)30(49,50)51)24-11-19(31(52,53)54)4-20(12-24)32(55,56)57;22-18(15-7-3-1-4-8-15)14-21-12-11-20-17(13-21)19(23)24-16-9-5-2-6-10-16/h1-12H;1,3-4,7-8,11-13,16H,2,5-6,9-10,14H2/q-1;+1. The first-order valence-corrected chi connectivity index (χ1v) is 23.0. The number of Topliss-reactive ketones (excluding diaryl/α,β-unsaturated/α-hetero) is 1. The summed E-state index contributed by atoms with van der Waals surface area (Å²) in [7, 11) is 0. The van der Waals surface area contributed by atoms with E-state index in [-0.39, 0.29) is 24.1 Å². The normalized spacial score (nSPS) is 14.5. The molecule has 30 heteroatoms. The number of benzene rings is 5. The summed E-state index contributed by atoms with van der Waals surface area (Å²) >= 11 is 0. The maximum Gasteiger partial charge on any atom is 0.416 e. The monoisotopic (exact) mass is 1190 g/mol. The Kier molecular flexibility index (Phi) is 17.5. The fraction of sp³-hybridized carbons (Fsp3) is 0.294. The van der Waals surface area contributed by atoms with E-state index in [1.54, 1.807) is 29.1 Å². The summed E-state index contributed by atoms with van der Waals surface area (Å²) in [6.07, 6.45) is -44.8. The van der Waals surface area contributed by atoms with Gasteiger partial charge in [0, 0.05) is 5.56 Å². The number of halogens is 24. The SMILES string of the molecule is FC(F)(F)c1cc([B-](c2cc(C(F)(F)F)cc(C(F)(F)F)c2)(c2cc(C(F)(F)F)cc(C(F)(F)F)c2)c2cc(C(F)(F)F)cc(C(F)(F)F)c2)cc(C(F)(F)F)c1.O=C(C[n+]1ccnc(C(=O)OC2CCCCC2)c1)c1ccccc1. The number of hydrogen-bond donors (Lipinski definition) is 0. The third-order valence-corrected chi connectivity index (χ3v) is 12.7. The number of carbonyl (C=O) groups is 2. The maximum atomic E-state index is 14.2. The van der Waals surface area contributed by atoms with Crippen LogP contribution in [0.3, 0.4) is 0 Å². The number of hydrogen-bond acceptors (Lipinski definition) is 4. The van der Waals surface area contributed by atoms with Gasteiger partial charge in [-0.1, -0.05) is 85.3 Å². The molecule has 5 nitrogen and oxygen atoms in total. The molecule has 436 valence electrons. The minimum Gasteiger partial charge on any atom is -0.457 e. The molecule has 1 heterocycles. The van der Waals surface area contributed by atoms with E-state index >= 15 is 0 Å². The first kappa shape index (κ1) is 62.9. The molecule has 0 radical (unpaired) electrons. The van der Waals surface area contributed by atoms with Crippen molar-refractivity contribution in [2.75, 3.05) is 0 Å².